The molecule has 2 aliphatic rings. The maximum absolute atomic E-state index is 12.4. The van der Waals surface area contributed by atoms with Gasteiger partial charge >= 0.3 is 6.80 Å². The van der Waals surface area contributed by atoms with Gasteiger partial charge in [0.25, 0.3) is 0 Å². The minimum atomic E-state index is -3.91. The second-order valence-electron chi connectivity index (χ2n) is 5.92. The second-order valence-corrected chi connectivity index (χ2v) is 9.82. The Kier molecular flexibility index (Phi) is 8.96. The summed E-state index contributed by atoms with van der Waals surface area (Å²) >= 11 is 0.815. The van der Waals surface area contributed by atoms with Gasteiger partial charge in [-0.1, -0.05) is 0 Å². The largest absolute Gasteiger partial charge is 0.387 e. The van der Waals surface area contributed by atoms with Gasteiger partial charge in [0.05, 0.1) is 39.3 Å². The molecule has 0 aliphatic carbocycles. The minimum Gasteiger partial charge on any atom is -0.382 e. The van der Waals surface area contributed by atoms with Crippen LogP contribution >= 0.6 is 18.2 Å². The smallest absolute Gasteiger partial charge is 0.382 e. The zero-order chi connectivity index (χ0) is 18.4. The van der Waals surface area contributed by atoms with E-state index in [9.17, 15) is 9.46 Å². The Hall–Kier alpha value is 0.600. The van der Waals surface area contributed by atoms with Crippen molar-refractivity contribution in [3.8, 4) is 0 Å². The summed E-state index contributed by atoms with van der Waals surface area (Å²) in [5, 5.41) is 0. The quantitative estimate of drug-likeness (QED) is 0.406. The lowest BCUT2D eigenvalue weighted by Crippen LogP contribution is -2.28. The first kappa shape index (κ1) is 21.9. The molecule has 0 spiro atoms. The van der Waals surface area contributed by atoms with Crippen LogP contribution in [0.25, 0.3) is 0 Å². The van der Waals surface area contributed by atoms with E-state index in [2.05, 4.69) is 0 Å². The molecule has 7 atom stereocenters. The SMILES string of the molecule is [B][B]C1CC(OC)C(CSP(=O)(O)OC2CC([B][B])OC2COC)O1. The summed E-state index contributed by atoms with van der Waals surface area (Å²) in [6.45, 7) is -3.65. The van der Waals surface area contributed by atoms with Gasteiger partial charge in [-0.25, -0.2) is 4.57 Å². The van der Waals surface area contributed by atoms with E-state index in [1.165, 1.54) is 21.5 Å². The van der Waals surface area contributed by atoms with Crippen LogP contribution in [0.3, 0.4) is 0 Å². The molecule has 2 rings (SSSR count). The molecule has 134 valence electrons. The molecule has 2 saturated heterocycles. The van der Waals surface area contributed by atoms with Gasteiger partial charge in [0.15, 0.2) is 0 Å². The van der Waals surface area contributed by atoms with Crippen molar-refractivity contribution < 1.29 is 32.9 Å². The zero-order valence-electron chi connectivity index (χ0n) is 14.4. The first-order valence-electron chi connectivity index (χ1n) is 8.01. The fourth-order valence-electron chi connectivity index (χ4n) is 2.93. The van der Waals surface area contributed by atoms with E-state index in [1.807, 2.05) is 0 Å². The summed E-state index contributed by atoms with van der Waals surface area (Å²) < 4.78 is 39.6. The Balaban J connectivity index is 1.87. The number of rotatable bonds is 10. The molecule has 0 aromatic carbocycles. The van der Waals surface area contributed by atoms with Gasteiger partial charge in [-0.05, 0) is 24.2 Å². The van der Waals surface area contributed by atoms with Crippen molar-refractivity contribution in [2.24, 2.45) is 0 Å². The average Bonchev–Trinajstić information content (AvgIpc) is 3.16. The van der Waals surface area contributed by atoms with Crippen LogP contribution in [0, 0.1) is 0 Å². The monoisotopic (exact) mass is 384 g/mol. The molecule has 7 nitrogen and oxygen atoms in total. The van der Waals surface area contributed by atoms with E-state index >= 15 is 0 Å². The lowest BCUT2D eigenvalue weighted by atomic mass is 9.51. The lowest BCUT2D eigenvalue weighted by Gasteiger charge is -2.23. The van der Waals surface area contributed by atoms with Crippen molar-refractivity contribution >= 4 is 48.0 Å². The summed E-state index contributed by atoms with van der Waals surface area (Å²) in [4.78, 5) is 10.2. The maximum atomic E-state index is 12.4. The van der Waals surface area contributed by atoms with Crippen molar-refractivity contribution in [2.45, 2.75) is 49.3 Å². The highest BCUT2D eigenvalue weighted by atomic mass is 32.7. The molecule has 2 fully saturated rings. The Morgan fingerprint density at radius 1 is 1.16 bits per heavy atom. The Morgan fingerprint density at radius 2 is 1.76 bits per heavy atom. The first-order chi connectivity index (χ1) is 11.9. The summed E-state index contributed by atoms with van der Waals surface area (Å²) in [6.07, 6.45) is -0.494. The molecule has 2 aliphatic heterocycles. The van der Waals surface area contributed by atoms with Crippen LogP contribution in [0.5, 0.6) is 0 Å². The van der Waals surface area contributed by atoms with Gasteiger partial charge in [0.1, 0.15) is 6.10 Å². The Bertz CT molecular complexity index is 465. The van der Waals surface area contributed by atoms with Gasteiger partial charge in [0, 0.05) is 47.5 Å². The molecule has 0 bridgehead atoms. The summed E-state index contributed by atoms with van der Waals surface area (Å²) in [7, 11) is 17.0. The molecule has 6 radical (unpaired) electrons. The van der Waals surface area contributed by atoms with Crippen LogP contribution in [0.4, 0.5) is 0 Å². The highest BCUT2D eigenvalue weighted by molar-refractivity contribution is 8.54. The Morgan fingerprint density at radius 3 is 2.32 bits per heavy atom. The first-order valence-corrected chi connectivity index (χ1v) is 11.2. The van der Waals surface area contributed by atoms with E-state index in [0.717, 1.165) is 11.4 Å². The van der Waals surface area contributed by atoms with Crippen molar-refractivity contribution in [1.82, 2.24) is 0 Å². The minimum absolute atomic E-state index is 0.176. The third kappa shape index (κ3) is 6.32. The van der Waals surface area contributed by atoms with Gasteiger partial charge < -0.3 is 23.8 Å². The number of hydrogen-bond donors (Lipinski definition) is 1. The van der Waals surface area contributed by atoms with E-state index in [0.29, 0.717) is 12.8 Å². The van der Waals surface area contributed by atoms with Crippen molar-refractivity contribution in [3.05, 3.63) is 0 Å². The maximum Gasteiger partial charge on any atom is 0.387 e. The molecule has 25 heavy (non-hydrogen) atoms. The topological polar surface area (TPSA) is 83.5 Å². The highest BCUT2D eigenvalue weighted by Crippen LogP contribution is 2.58. The van der Waals surface area contributed by atoms with Gasteiger partial charge in [-0.2, -0.15) is 0 Å². The molecule has 0 aromatic rings. The normalized spacial score (nSPS) is 37.7. The van der Waals surface area contributed by atoms with E-state index in [4.69, 9.17) is 38.9 Å². The van der Waals surface area contributed by atoms with E-state index in [-0.39, 0.29) is 36.6 Å². The van der Waals surface area contributed by atoms with Crippen molar-refractivity contribution in [2.75, 3.05) is 26.6 Å². The predicted octanol–water partition coefficient (Wildman–Crippen LogP) is -0.328. The van der Waals surface area contributed by atoms with Crippen LogP contribution in [0.15, 0.2) is 0 Å². The predicted molar refractivity (Wildman–Crippen MR) is 99.4 cm³/mol. The summed E-state index contributed by atoms with van der Waals surface area (Å²) in [5.41, 5.74) is 0. The molecule has 0 amide bonds. The van der Waals surface area contributed by atoms with Gasteiger partial charge in [-0.3, -0.25) is 4.52 Å². The van der Waals surface area contributed by atoms with Gasteiger partial charge in [0.2, 0.25) is 0 Å². The van der Waals surface area contributed by atoms with Crippen LogP contribution in [0.1, 0.15) is 12.8 Å². The summed E-state index contributed by atoms with van der Waals surface area (Å²) in [5.74, 6) is 0.256. The Labute approximate surface area is 157 Å². The lowest BCUT2D eigenvalue weighted by molar-refractivity contribution is -0.0117. The average molecular weight is 384 g/mol. The van der Waals surface area contributed by atoms with Crippen LogP contribution in [0.2, 0.25) is 0 Å². The second kappa shape index (κ2) is 10.2. The van der Waals surface area contributed by atoms with Crippen LogP contribution in [-0.4, -0.2) is 97.7 Å². The number of methoxy groups -OCH3 is 2. The molecule has 1 N–H and O–H groups in total. The highest BCUT2D eigenvalue weighted by Gasteiger charge is 2.41. The van der Waals surface area contributed by atoms with Crippen molar-refractivity contribution in [3.63, 3.8) is 0 Å². The van der Waals surface area contributed by atoms with E-state index < -0.39 is 19.0 Å². The summed E-state index contributed by atoms with van der Waals surface area (Å²) in [6, 6.07) is -0.545. The van der Waals surface area contributed by atoms with Crippen molar-refractivity contribution in [1.29, 1.82) is 0 Å². The number of hydrogen-bond acceptors (Lipinski definition) is 7. The zero-order valence-corrected chi connectivity index (χ0v) is 16.1. The molecule has 7 unspecified atom stereocenters. The van der Waals surface area contributed by atoms with Gasteiger partial charge in [-0.15, -0.1) is 0 Å². The molecule has 13 heteroatoms. The van der Waals surface area contributed by atoms with E-state index in [1.54, 1.807) is 7.11 Å². The molecular weight excluding hydrogens is 362 g/mol. The third-order valence-electron chi connectivity index (χ3n) is 4.19. The van der Waals surface area contributed by atoms with Crippen LogP contribution in [-0.2, 0) is 28.0 Å². The molecule has 2 heterocycles. The molecule has 0 saturated carbocycles. The standard InChI is InChI=1S/C12H21B4O7PS/c1-19-5-9-8(4-12(16-14)21-9)23-24(17,18)25-6-10-7(20-2)3-11(15-13)22-10/h7-12H,3-6H2,1-2H3,(H,17,18). The van der Waals surface area contributed by atoms with Crippen LogP contribution < -0.4 is 0 Å². The fourth-order valence-corrected chi connectivity index (χ4v) is 5.70. The third-order valence-corrected chi connectivity index (χ3v) is 7.22. The molecule has 0 aromatic heterocycles. The number of ether oxygens (including phenoxy) is 4. The molecular formula is C12H21B4O7PS. The fraction of sp³-hybridized carbons (Fsp3) is 1.00.